The highest BCUT2D eigenvalue weighted by molar-refractivity contribution is 6.30. The van der Waals surface area contributed by atoms with E-state index in [0.29, 0.717) is 57.4 Å². The van der Waals surface area contributed by atoms with E-state index in [1.54, 1.807) is 0 Å². The number of carbonyl (C=O) groups is 1. The summed E-state index contributed by atoms with van der Waals surface area (Å²) < 4.78 is 11.6. The number of aromatic nitrogens is 1. The van der Waals surface area contributed by atoms with Crippen LogP contribution < -0.4 is 0 Å². The number of benzene rings is 2. The maximum Gasteiger partial charge on any atom is 0.233 e. The topological polar surface area (TPSA) is 51.7 Å². The van der Waals surface area contributed by atoms with Crippen molar-refractivity contribution in [2.24, 2.45) is 5.92 Å². The highest BCUT2D eigenvalue weighted by Crippen LogP contribution is 2.38. The van der Waals surface area contributed by atoms with Crippen LogP contribution in [-0.2, 0) is 26.1 Å². The van der Waals surface area contributed by atoms with Crippen LogP contribution in [0.15, 0.2) is 60.8 Å². The molecular weight excluding hydrogens is 436 g/mol. The number of carbonyl (C=O) groups excluding carboxylic acids is 1. The quantitative estimate of drug-likeness (QED) is 0.563. The molecule has 0 radical (unpaired) electrons. The van der Waals surface area contributed by atoms with E-state index >= 15 is 0 Å². The highest BCUT2D eigenvalue weighted by Gasteiger charge is 2.44. The third-order valence-corrected chi connectivity index (χ3v) is 7.25. The molecule has 1 aromatic heterocycles. The molecule has 3 aromatic rings. The molecule has 0 saturated carbocycles. The molecule has 0 bridgehead atoms. The molecule has 2 aliphatic rings. The summed E-state index contributed by atoms with van der Waals surface area (Å²) in [5.74, 6) is 0.394. The molecule has 33 heavy (non-hydrogen) atoms. The number of nitrogens with zero attached hydrogens (tertiary/aromatic N) is 2. The fraction of sp³-hybridized carbons (Fsp3) is 0.407. The van der Waals surface area contributed by atoms with Crippen molar-refractivity contribution >= 4 is 28.4 Å². The van der Waals surface area contributed by atoms with Gasteiger partial charge in [0.15, 0.2) is 0 Å². The summed E-state index contributed by atoms with van der Waals surface area (Å²) >= 11 is 6.14. The van der Waals surface area contributed by atoms with E-state index in [-0.39, 0.29) is 11.8 Å². The fourth-order valence-electron chi connectivity index (χ4n) is 5.25. The predicted octanol–water partition coefficient (Wildman–Crippen LogP) is 4.65. The fourth-order valence-corrected chi connectivity index (χ4v) is 5.37. The van der Waals surface area contributed by atoms with Crippen molar-refractivity contribution < 1.29 is 14.3 Å². The zero-order chi connectivity index (χ0) is 22.7. The third kappa shape index (κ3) is 4.63. The number of halogens is 1. The van der Waals surface area contributed by atoms with E-state index < -0.39 is 5.41 Å². The number of amides is 1. The standard InChI is InChI=1S/C27H29ClN2O3/c28-24-8-6-23(7-9-24)27(10-14-32-15-11-27)26(31)30-13-16-33-19-20(18-30)17-22-4-1-3-21-5-2-12-29-25(21)22/h1-9,12,20H,10-11,13-19H2. The smallest absolute Gasteiger partial charge is 0.233 e. The molecule has 6 heteroatoms. The molecule has 0 N–H and O–H groups in total. The van der Waals surface area contributed by atoms with Gasteiger partial charge in [-0.05, 0) is 48.6 Å². The van der Waals surface area contributed by atoms with Crippen molar-refractivity contribution in [3.8, 4) is 0 Å². The maximum atomic E-state index is 14.1. The van der Waals surface area contributed by atoms with E-state index in [1.165, 1.54) is 5.56 Å². The second-order valence-corrected chi connectivity index (χ2v) is 9.53. The van der Waals surface area contributed by atoms with Gasteiger partial charge < -0.3 is 14.4 Å². The van der Waals surface area contributed by atoms with Crippen molar-refractivity contribution in [1.29, 1.82) is 0 Å². The molecule has 3 heterocycles. The molecule has 2 aromatic carbocycles. The molecule has 5 rings (SSSR count). The zero-order valence-electron chi connectivity index (χ0n) is 18.7. The van der Waals surface area contributed by atoms with Gasteiger partial charge in [0, 0.05) is 48.8 Å². The summed E-state index contributed by atoms with van der Waals surface area (Å²) in [6, 6.07) is 18.1. The zero-order valence-corrected chi connectivity index (χ0v) is 19.5. The molecule has 0 spiro atoms. The second-order valence-electron chi connectivity index (χ2n) is 9.09. The molecule has 172 valence electrons. The lowest BCUT2D eigenvalue weighted by Crippen LogP contribution is -2.51. The Morgan fingerprint density at radius 2 is 1.82 bits per heavy atom. The monoisotopic (exact) mass is 464 g/mol. The van der Waals surface area contributed by atoms with Gasteiger partial charge in [-0.2, -0.15) is 0 Å². The number of rotatable bonds is 4. The van der Waals surface area contributed by atoms with Gasteiger partial charge in [0.1, 0.15) is 0 Å². The largest absolute Gasteiger partial charge is 0.381 e. The lowest BCUT2D eigenvalue weighted by atomic mass is 9.73. The number of fused-ring (bicyclic) bond motifs is 1. The molecule has 5 nitrogen and oxygen atoms in total. The minimum absolute atomic E-state index is 0.180. The van der Waals surface area contributed by atoms with Gasteiger partial charge >= 0.3 is 0 Å². The van der Waals surface area contributed by atoms with Crippen LogP contribution in [0.25, 0.3) is 10.9 Å². The molecule has 1 atom stereocenters. The Kier molecular flexibility index (Phi) is 6.63. The molecular formula is C27H29ClN2O3. The van der Waals surface area contributed by atoms with E-state index in [9.17, 15) is 4.79 Å². The van der Waals surface area contributed by atoms with Crippen LogP contribution in [0.3, 0.4) is 0 Å². The molecule has 0 aliphatic carbocycles. The van der Waals surface area contributed by atoms with Crippen LogP contribution in [0, 0.1) is 5.92 Å². The first-order chi connectivity index (χ1) is 16.2. The highest BCUT2D eigenvalue weighted by atomic mass is 35.5. The predicted molar refractivity (Wildman–Crippen MR) is 130 cm³/mol. The van der Waals surface area contributed by atoms with Crippen molar-refractivity contribution in [2.75, 3.05) is 39.5 Å². The first kappa shape index (κ1) is 22.3. The normalized spacial score (nSPS) is 21.0. The third-order valence-electron chi connectivity index (χ3n) is 7.00. The van der Waals surface area contributed by atoms with Gasteiger partial charge in [-0.3, -0.25) is 9.78 Å². The summed E-state index contributed by atoms with van der Waals surface area (Å²) in [6.45, 7) is 3.67. The first-order valence-electron chi connectivity index (χ1n) is 11.7. The minimum atomic E-state index is -0.571. The van der Waals surface area contributed by atoms with Gasteiger partial charge in [-0.25, -0.2) is 0 Å². The van der Waals surface area contributed by atoms with Crippen LogP contribution in [-0.4, -0.2) is 55.3 Å². The van der Waals surface area contributed by atoms with E-state index in [0.717, 1.165) is 22.9 Å². The molecule has 2 aliphatic heterocycles. The lowest BCUT2D eigenvalue weighted by Gasteiger charge is -2.40. The van der Waals surface area contributed by atoms with Crippen molar-refractivity contribution in [1.82, 2.24) is 9.88 Å². The first-order valence-corrected chi connectivity index (χ1v) is 12.1. The molecule has 1 amide bonds. The molecule has 2 fully saturated rings. The van der Waals surface area contributed by atoms with Crippen LogP contribution in [0.1, 0.15) is 24.0 Å². The van der Waals surface area contributed by atoms with Gasteiger partial charge in [-0.1, -0.05) is 48.0 Å². The van der Waals surface area contributed by atoms with Crippen LogP contribution in [0.5, 0.6) is 0 Å². The molecule has 1 unspecified atom stereocenters. The Bertz CT molecular complexity index is 1110. The number of pyridine rings is 1. The van der Waals surface area contributed by atoms with Gasteiger partial charge in [0.2, 0.25) is 5.91 Å². The SMILES string of the molecule is O=C(N1CCOCC(Cc2cccc3cccnc23)C1)C1(c2ccc(Cl)cc2)CCOCC1. The van der Waals surface area contributed by atoms with E-state index in [2.05, 4.69) is 29.2 Å². The van der Waals surface area contributed by atoms with Gasteiger partial charge in [0.25, 0.3) is 0 Å². The Labute approximate surface area is 199 Å². The van der Waals surface area contributed by atoms with Crippen LogP contribution in [0.4, 0.5) is 0 Å². The summed E-state index contributed by atoms with van der Waals surface area (Å²) in [6.07, 6.45) is 4.03. The van der Waals surface area contributed by atoms with Crippen molar-refractivity contribution in [3.05, 3.63) is 76.9 Å². The second kappa shape index (κ2) is 9.80. The summed E-state index contributed by atoms with van der Waals surface area (Å²) in [5.41, 5.74) is 2.69. The summed E-state index contributed by atoms with van der Waals surface area (Å²) in [5, 5.41) is 1.82. The summed E-state index contributed by atoms with van der Waals surface area (Å²) in [7, 11) is 0. The van der Waals surface area contributed by atoms with Gasteiger partial charge in [-0.15, -0.1) is 0 Å². The lowest BCUT2D eigenvalue weighted by molar-refractivity contribution is -0.141. The van der Waals surface area contributed by atoms with Crippen LogP contribution in [0.2, 0.25) is 5.02 Å². The Morgan fingerprint density at radius 1 is 1.03 bits per heavy atom. The number of hydrogen-bond acceptors (Lipinski definition) is 4. The minimum Gasteiger partial charge on any atom is -0.381 e. The average Bonchev–Trinajstić information content (AvgIpc) is 3.10. The Balaban J connectivity index is 1.40. The number of para-hydroxylation sites is 1. The van der Waals surface area contributed by atoms with Gasteiger partial charge in [0.05, 0.1) is 24.1 Å². The molecule has 2 saturated heterocycles. The maximum absolute atomic E-state index is 14.1. The van der Waals surface area contributed by atoms with Crippen molar-refractivity contribution in [3.63, 3.8) is 0 Å². The van der Waals surface area contributed by atoms with Crippen LogP contribution >= 0.6 is 11.6 Å². The Hall–Kier alpha value is -2.47. The van der Waals surface area contributed by atoms with E-state index in [4.69, 9.17) is 21.1 Å². The number of ether oxygens (including phenoxy) is 2. The summed E-state index contributed by atoms with van der Waals surface area (Å²) in [4.78, 5) is 20.7. The number of hydrogen-bond donors (Lipinski definition) is 0. The average molecular weight is 465 g/mol. The van der Waals surface area contributed by atoms with E-state index in [1.807, 2.05) is 41.4 Å². The Morgan fingerprint density at radius 3 is 2.64 bits per heavy atom. The van der Waals surface area contributed by atoms with Crippen molar-refractivity contribution in [2.45, 2.75) is 24.7 Å².